The number of thioether (sulfide) groups is 1. The molecule has 0 spiro atoms. The van der Waals surface area contributed by atoms with Crippen LogP contribution in [0.3, 0.4) is 0 Å². The summed E-state index contributed by atoms with van der Waals surface area (Å²) in [7, 11) is 1.79. The summed E-state index contributed by atoms with van der Waals surface area (Å²) < 4.78 is 1.71. The van der Waals surface area contributed by atoms with Crippen LogP contribution in [0.25, 0.3) is 0 Å². The third-order valence-electron chi connectivity index (χ3n) is 3.33. The molecule has 1 aromatic carbocycles. The van der Waals surface area contributed by atoms with Crippen molar-refractivity contribution in [2.45, 2.75) is 4.90 Å². The zero-order chi connectivity index (χ0) is 14.1. The van der Waals surface area contributed by atoms with Gasteiger partial charge in [0.2, 0.25) is 0 Å². The summed E-state index contributed by atoms with van der Waals surface area (Å²) in [5, 5.41) is 8.93. The van der Waals surface area contributed by atoms with Crippen molar-refractivity contribution in [2.75, 3.05) is 17.2 Å². The number of nitriles is 1. The molecule has 0 unspecified atom stereocenters. The maximum absolute atomic E-state index is 12.7. The highest BCUT2D eigenvalue weighted by Gasteiger charge is 2.25. The van der Waals surface area contributed by atoms with Crippen molar-refractivity contribution in [3.8, 4) is 6.07 Å². The average molecular weight is 283 g/mol. The second kappa shape index (κ2) is 5.06. The number of carbonyl (C=O) groups excluding carboxylic acids is 1. The topological polar surface area (TPSA) is 49.0 Å². The van der Waals surface area contributed by atoms with E-state index in [9.17, 15) is 4.79 Å². The Bertz CT molecular complexity index is 714. The number of aromatic nitrogens is 1. The first-order chi connectivity index (χ1) is 9.70. The van der Waals surface area contributed by atoms with Crippen LogP contribution in [-0.2, 0) is 7.05 Å². The lowest BCUT2D eigenvalue weighted by atomic mass is 10.2. The highest BCUT2D eigenvalue weighted by molar-refractivity contribution is 7.99. The molecular formula is C15H13N3OS. The number of rotatable bonds is 1. The van der Waals surface area contributed by atoms with Crippen LogP contribution in [0.4, 0.5) is 5.69 Å². The molecule has 2 aromatic rings. The molecule has 0 fully saturated rings. The van der Waals surface area contributed by atoms with Gasteiger partial charge in [0.05, 0.1) is 11.3 Å². The Kier molecular flexibility index (Phi) is 3.25. The number of amides is 1. The van der Waals surface area contributed by atoms with Crippen LogP contribution in [-0.4, -0.2) is 22.8 Å². The molecule has 20 heavy (non-hydrogen) atoms. The van der Waals surface area contributed by atoms with E-state index in [1.807, 2.05) is 24.3 Å². The van der Waals surface area contributed by atoms with Gasteiger partial charge >= 0.3 is 0 Å². The number of fused-ring (bicyclic) bond motifs is 1. The fourth-order valence-corrected chi connectivity index (χ4v) is 3.35. The Balaban J connectivity index is 2.00. The van der Waals surface area contributed by atoms with Crippen LogP contribution in [0.15, 0.2) is 41.4 Å². The third kappa shape index (κ3) is 2.08. The predicted octanol–water partition coefficient (Wildman–Crippen LogP) is 2.65. The van der Waals surface area contributed by atoms with Gasteiger partial charge in [0.25, 0.3) is 5.91 Å². The van der Waals surface area contributed by atoms with Gasteiger partial charge in [-0.2, -0.15) is 5.26 Å². The molecule has 0 saturated carbocycles. The maximum Gasteiger partial charge on any atom is 0.274 e. The minimum absolute atomic E-state index is 0.0539. The van der Waals surface area contributed by atoms with E-state index >= 15 is 0 Å². The first-order valence-electron chi connectivity index (χ1n) is 6.31. The standard InChI is InChI=1S/C15H13N3OS/c1-17-10-11(9-16)8-13(17)15(19)18-6-7-20-14-5-3-2-4-12(14)18/h2-5,8,10H,6-7H2,1H3. The number of anilines is 1. The van der Waals surface area contributed by atoms with Crippen molar-refractivity contribution in [3.05, 3.63) is 47.8 Å². The number of hydrogen-bond acceptors (Lipinski definition) is 3. The third-order valence-corrected chi connectivity index (χ3v) is 4.37. The second-order valence-corrected chi connectivity index (χ2v) is 5.75. The van der Waals surface area contributed by atoms with Crippen molar-refractivity contribution in [2.24, 2.45) is 7.05 Å². The monoisotopic (exact) mass is 283 g/mol. The second-order valence-electron chi connectivity index (χ2n) is 4.61. The van der Waals surface area contributed by atoms with Crippen LogP contribution in [0.5, 0.6) is 0 Å². The van der Waals surface area contributed by atoms with Gasteiger partial charge in [-0.1, -0.05) is 12.1 Å². The Morgan fingerprint density at radius 1 is 1.40 bits per heavy atom. The maximum atomic E-state index is 12.7. The number of hydrogen-bond donors (Lipinski definition) is 0. The smallest absolute Gasteiger partial charge is 0.274 e. The van der Waals surface area contributed by atoms with E-state index in [0.29, 0.717) is 17.8 Å². The Morgan fingerprint density at radius 3 is 2.95 bits per heavy atom. The lowest BCUT2D eigenvalue weighted by molar-refractivity contribution is 0.0980. The molecule has 0 saturated heterocycles. The van der Waals surface area contributed by atoms with E-state index in [1.165, 1.54) is 0 Å². The van der Waals surface area contributed by atoms with Crippen LogP contribution in [0.2, 0.25) is 0 Å². The largest absolute Gasteiger partial charge is 0.345 e. The van der Waals surface area contributed by atoms with Crippen LogP contribution < -0.4 is 4.90 Å². The molecule has 3 rings (SSSR count). The molecule has 4 nitrogen and oxygen atoms in total. The summed E-state index contributed by atoms with van der Waals surface area (Å²) in [6.07, 6.45) is 1.68. The molecular weight excluding hydrogens is 270 g/mol. The molecule has 1 amide bonds. The fraction of sp³-hybridized carbons (Fsp3) is 0.200. The van der Waals surface area contributed by atoms with Gasteiger partial charge in [0.15, 0.2) is 0 Å². The van der Waals surface area contributed by atoms with Gasteiger partial charge in [-0.25, -0.2) is 0 Å². The Morgan fingerprint density at radius 2 is 2.20 bits per heavy atom. The highest BCUT2D eigenvalue weighted by atomic mass is 32.2. The zero-order valence-electron chi connectivity index (χ0n) is 11.0. The van der Waals surface area contributed by atoms with Gasteiger partial charge < -0.3 is 9.47 Å². The van der Waals surface area contributed by atoms with Crippen molar-refractivity contribution in [3.63, 3.8) is 0 Å². The molecule has 0 radical (unpaired) electrons. The van der Waals surface area contributed by atoms with E-state index in [-0.39, 0.29) is 5.91 Å². The first-order valence-corrected chi connectivity index (χ1v) is 7.29. The number of para-hydroxylation sites is 1. The quantitative estimate of drug-likeness (QED) is 0.808. The van der Waals surface area contributed by atoms with Crippen molar-refractivity contribution < 1.29 is 4.79 Å². The van der Waals surface area contributed by atoms with E-state index in [2.05, 4.69) is 6.07 Å². The van der Waals surface area contributed by atoms with E-state index in [1.54, 1.807) is 40.5 Å². The molecule has 1 aliphatic heterocycles. The Hall–Kier alpha value is -2.19. The minimum Gasteiger partial charge on any atom is -0.345 e. The number of nitrogens with zero attached hydrogens (tertiary/aromatic N) is 3. The molecule has 5 heteroatoms. The lowest BCUT2D eigenvalue weighted by Gasteiger charge is -2.29. The van der Waals surface area contributed by atoms with Gasteiger partial charge in [0.1, 0.15) is 11.8 Å². The predicted molar refractivity (Wildman–Crippen MR) is 79.0 cm³/mol. The molecule has 0 N–H and O–H groups in total. The molecule has 1 aromatic heterocycles. The lowest BCUT2D eigenvalue weighted by Crippen LogP contribution is -2.36. The molecule has 2 heterocycles. The first kappa shape index (κ1) is 12.8. The molecule has 1 aliphatic rings. The number of carbonyl (C=O) groups is 1. The van der Waals surface area contributed by atoms with Crippen LogP contribution >= 0.6 is 11.8 Å². The summed E-state index contributed by atoms with van der Waals surface area (Å²) in [5.41, 5.74) is 2.01. The van der Waals surface area contributed by atoms with E-state index in [4.69, 9.17) is 5.26 Å². The molecule has 0 aliphatic carbocycles. The highest BCUT2D eigenvalue weighted by Crippen LogP contribution is 2.35. The van der Waals surface area contributed by atoms with Crippen molar-refractivity contribution in [1.82, 2.24) is 4.57 Å². The fourth-order valence-electron chi connectivity index (χ4n) is 2.36. The average Bonchev–Trinajstić information content (AvgIpc) is 2.87. The van der Waals surface area contributed by atoms with Gasteiger partial charge in [-0.05, 0) is 18.2 Å². The SMILES string of the molecule is Cn1cc(C#N)cc1C(=O)N1CCSc2ccccc21. The van der Waals surface area contributed by atoms with Gasteiger partial charge in [0, 0.05) is 30.4 Å². The summed E-state index contributed by atoms with van der Waals surface area (Å²) in [5.74, 6) is 0.833. The number of benzene rings is 1. The van der Waals surface area contributed by atoms with Crippen LogP contribution in [0, 0.1) is 11.3 Å². The Labute approximate surface area is 121 Å². The van der Waals surface area contributed by atoms with Crippen molar-refractivity contribution in [1.29, 1.82) is 5.26 Å². The minimum atomic E-state index is -0.0539. The molecule has 0 bridgehead atoms. The van der Waals surface area contributed by atoms with Gasteiger partial charge in [-0.3, -0.25) is 4.79 Å². The molecule has 0 atom stereocenters. The summed E-state index contributed by atoms with van der Waals surface area (Å²) >= 11 is 1.77. The van der Waals surface area contributed by atoms with Crippen LogP contribution in [0.1, 0.15) is 16.1 Å². The zero-order valence-corrected chi connectivity index (χ0v) is 11.9. The van der Waals surface area contributed by atoms with E-state index in [0.717, 1.165) is 16.3 Å². The normalized spacial score (nSPS) is 13.7. The van der Waals surface area contributed by atoms with Crippen molar-refractivity contribution >= 4 is 23.4 Å². The summed E-state index contributed by atoms with van der Waals surface area (Å²) in [6, 6.07) is 11.6. The summed E-state index contributed by atoms with van der Waals surface area (Å²) in [6.45, 7) is 0.688. The molecule has 100 valence electrons. The van der Waals surface area contributed by atoms with E-state index < -0.39 is 0 Å². The van der Waals surface area contributed by atoms with Gasteiger partial charge in [-0.15, -0.1) is 11.8 Å². The summed E-state index contributed by atoms with van der Waals surface area (Å²) in [4.78, 5) is 15.6. The number of aryl methyl sites for hydroxylation is 1.